The smallest absolute Gasteiger partial charge is 0.164 e. The predicted molar refractivity (Wildman–Crippen MR) is 75.3 cm³/mol. The van der Waals surface area contributed by atoms with Gasteiger partial charge in [0.2, 0.25) is 0 Å². The first-order valence-electron chi connectivity index (χ1n) is 6.42. The van der Waals surface area contributed by atoms with Crippen LogP contribution in [0.3, 0.4) is 0 Å². The normalized spacial score (nSPS) is 22.1. The van der Waals surface area contributed by atoms with Crippen molar-refractivity contribution in [1.29, 1.82) is 0 Å². The third-order valence-electron chi connectivity index (χ3n) is 3.43. The molecule has 1 saturated heterocycles. The molecule has 2 rings (SSSR count). The summed E-state index contributed by atoms with van der Waals surface area (Å²) in [6, 6.07) is 5.50. The van der Waals surface area contributed by atoms with Crippen LogP contribution in [-0.2, 0) is 9.84 Å². The second-order valence-corrected chi connectivity index (χ2v) is 7.44. The fourth-order valence-corrected chi connectivity index (χ4v) is 3.81. The predicted octanol–water partition coefficient (Wildman–Crippen LogP) is 1.26. The molecular weight excluding hydrogens is 262 g/mol. The van der Waals surface area contributed by atoms with Crippen molar-refractivity contribution in [3.63, 3.8) is 0 Å². The Balaban J connectivity index is 2.11. The van der Waals surface area contributed by atoms with Crippen molar-refractivity contribution >= 4 is 15.6 Å². The van der Waals surface area contributed by atoms with E-state index < -0.39 is 9.84 Å². The Hall–Kier alpha value is -1.20. The van der Waals surface area contributed by atoms with E-state index in [1.54, 1.807) is 0 Å². The van der Waals surface area contributed by atoms with Crippen molar-refractivity contribution in [2.24, 2.45) is 0 Å². The highest BCUT2D eigenvalue weighted by Gasteiger charge is 2.26. The summed E-state index contributed by atoms with van der Waals surface area (Å²) in [6.07, 6.45) is 0.240. The van der Waals surface area contributed by atoms with Crippen LogP contribution < -0.4 is 5.32 Å². The number of hydrogen-bond donors (Lipinski definition) is 1. The molecule has 104 valence electrons. The number of hydrogen-bond acceptors (Lipinski definition) is 4. The molecule has 1 atom stereocenters. The third kappa shape index (κ3) is 3.64. The average Bonchev–Trinajstić information content (AvgIpc) is 2.31. The number of sulfone groups is 1. The first kappa shape index (κ1) is 14.2. The van der Waals surface area contributed by atoms with Crippen LogP contribution in [0.4, 0.5) is 0 Å². The van der Waals surface area contributed by atoms with Crippen LogP contribution >= 0.6 is 0 Å². The number of aryl methyl sites for hydroxylation is 2. The highest BCUT2D eigenvalue weighted by Crippen LogP contribution is 2.15. The van der Waals surface area contributed by atoms with Crippen molar-refractivity contribution in [2.45, 2.75) is 26.3 Å². The number of carbonyl (C=O) groups is 1. The molecule has 1 unspecified atom stereocenters. The van der Waals surface area contributed by atoms with Crippen molar-refractivity contribution in [2.75, 3.05) is 18.1 Å². The van der Waals surface area contributed by atoms with Crippen LogP contribution in [0.1, 0.15) is 27.9 Å². The summed E-state index contributed by atoms with van der Waals surface area (Å²) in [4.78, 5) is 12.3. The van der Waals surface area contributed by atoms with Gasteiger partial charge in [-0.1, -0.05) is 17.7 Å². The molecule has 1 aromatic rings. The monoisotopic (exact) mass is 281 g/mol. The van der Waals surface area contributed by atoms with E-state index in [1.165, 1.54) is 0 Å². The quantitative estimate of drug-likeness (QED) is 0.847. The van der Waals surface area contributed by atoms with E-state index in [1.807, 2.05) is 32.0 Å². The second-order valence-electron chi connectivity index (χ2n) is 5.21. The molecule has 0 spiro atoms. The molecule has 0 saturated carbocycles. The lowest BCUT2D eigenvalue weighted by atomic mass is 9.98. The lowest BCUT2D eigenvalue weighted by molar-refractivity contribution is 0.0971. The molecule has 1 fully saturated rings. The average molecular weight is 281 g/mol. The van der Waals surface area contributed by atoms with Crippen LogP contribution in [0.25, 0.3) is 0 Å². The number of nitrogens with one attached hydrogen (secondary N) is 1. The largest absolute Gasteiger partial charge is 0.312 e. The van der Waals surface area contributed by atoms with Crippen LogP contribution in [0, 0.1) is 13.8 Å². The molecule has 1 heterocycles. The lowest BCUT2D eigenvalue weighted by Crippen LogP contribution is -2.46. The second kappa shape index (κ2) is 5.43. The Labute approximate surface area is 114 Å². The van der Waals surface area contributed by atoms with Gasteiger partial charge < -0.3 is 5.32 Å². The summed E-state index contributed by atoms with van der Waals surface area (Å²) >= 11 is 0. The van der Waals surface area contributed by atoms with E-state index in [4.69, 9.17) is 0 Å². The molecule has 0 aromatic heterocycles. The highest BCUT2D eigenvalue weighted by molar-refractivity contribution is 7.91. The Morgan fingerprint density at radius 2 is 2.11 bits per heavy atom. The standard InChI is InChI=1S/C14H19NO3S/c1-10-3-4-11(2)13(7-10)14(16)8-12-9-19(17,18)6-5-15-12/h3-4,7,12,15H,5-6,8-9H2,1-2H3. The van der Waals surface area contributed by atoms with Crippen molar-refractivity contribution in [3.8, 4) is 0 Å². The zero-order valence-corrected chi connectivity index (χ0v) is 12.1. The van der Waals surface area contributed by atoms with Crippen molar-refractivity contribution < 1.29 is 13.2 Å². The molecule has 0 radical (unpaired) electrons. The highest BCUT2D eigenvalue weighted by atomic mass is 32.2. The molecule has 0 aliphatic carbocycles. The zero-order valence-electron chi connectivity index (χ0n) is 11.3. The Bertz CT molecular complexity index is 593. The summed E-state index contributed by atoms with van der Waals surface area (Å²) in [6.45, 7) is 4.28. The maximum Gasteiger partial charge on any atom is 0.164 e. The SMILES string of the molecule is Cc1ccc(C)c(C(=O)CC2CS(=O)(=O)CCN2)c1. The fraction of sp³-hybridized carbons (Fsp3) is 0.500. The first-order valence-corrected chi connectivity index (χ1v) is 8.24. The molecule has 0 amide bonds. The van der Waals surface area contributed by atoms with Crippen molar-refractivity contribution in [3.05, 3.63) is 34.9 Å². The first-order chi connectivity index (χ1) is 8.87. The van der Waals surface area contributed by atoms with Crippen LogP contribution in [-0.4, -0.2) is 38.3 Å². The molecule has 0 bridgehead atoms. The molecule has 5 heteroatoms. The van der Waals surface area contributed by atoms with Gasteiger partial charge in [-0.3, -0.25) is 4.79 Å². The number of carbonyl (C=O) groups excluding carboxylic acids is 1. The minimum Gasteiger partial charge on any atom is -0.312 e. The minimum atomic E-state index is -2.99. The van der Waals surface area contributed by atoms with Crippen molar-refractivity contribution in [1.82, 2.24) is 5.32 Å². The lowest BCUT2D eigenvalue weighted by Gasteiger charge is -2.23. The molecule has 4 nitrogen and oxygen atoms in total. The van der Waals surface area contributed by atoms with E-state index in [0.29, 0.717) is 12.1 Å². The van der Waals surface area contributed by atoms with E-state index >= 15 is 0 Å². The van der Waals surface area contributed by atoms with Gasteiger partial charge in [0.15, 0.2) is 15.6 Å². The third-order valence-corrected chi connectivity index (χ3v) is 5.16. The van der Waals surface area contributed by atoms with Gasteiger partial charge in [0.25, 0.3) is 0 Å². The van der Waals surface area contributed by atoms with Gasteiger partial charge in [-0.05, 0) is 25.5 Å². The van der Waals surface area contributed by atoms with Crippen LogP contribution in [0.15, 0.2) is 18.2 Å². The Morgan fingerprint density at radius 3 is 2.79 bits per heavy atom. The van der Waals surface area contributed by atoms with Gasteiger partial charge >= 0.3 is 0 Å². The van der Waals surface area contributed by atoms with E-state index in [2.05, 4.69) is 5.32 Å². The number of benzene rings is 1. The summed E-state index contributed by atoms with van der Waals surface area (Å²) in [5.74, 6) is 0.237. The fourth-order valence-electron chi connectivity index (χ4n) is 2.37. The van der Waals surface area contributed by atoms with Crippen LogP contribution in [0.5, 0.6) is 0 Å². The van der Waals surface area contributed by atoms with Gasteiger partial charge in [-0.25, -0.2) is 8.42 Å². The molecular formula is C14H19NO3S. The number of rotatable bonds is 3. The molecule has 1 N–H and O–H groups in total. The summed E-state index contributed by atoms with van der Waals surface area (Å²) in [7, 11) is -2.99. The minimum absolute atomic E-state index is 0.0100. The zero-order chi connectivity index (χ0) is 14.0. The van der Waals surface area contributed by atoms with Gasteiger partial charge in [0, 0.05) is 24.6 Å². The maximum atomic E-state index is 12.3. The van der Waals surface area contributed by atoms with Gasteiger partial charge in [-0.2, -0.15) is 0 Å². The van der Waals surface area contributed by atoms with Crippen LogP contribution in [0.2, 0.25) is 0 Å². The molecule has 19 heavy (non-hydrogen) atoms. The summed E-state index contributed by atoms with van der Waals surface area (Å²) < 4.78 is 23.1. The molecule has 1 aliphatic rings. The Morgan fingerprint density at radius 1 is 1.37 bits per heavy atom. The summed E-state index contributed by atoms with van der Waals surface area (Å²) in [5, 5.41) is 3.11. The maximum absolute atomic E-state index is 12.3. The Kier molecular flexibility index (Phi) is 4.06. The van der Waals surface area contributed by atoms with Gasteiger partial charge in [0.05, 0.1) is 11.5 Å². The molecule has 1 aliphatic heterocycles. The summed E-state index contributed by atoms with van der Waals surface area (Å²) in [5.41, 5.74) is 2.68. The number of ketones is 1. The van der Waals surface area contributed by atoms with E-state index in [0.717, 1.165) is 11.1 Å². The van der Waals surface area contributed by atoms with Gasteiger partial charge in [-0.15, -0.1) is 0 Å². The topological polar surface area (TPSA) is 63.2 Å². The number of Topliss-reactive ketones (excluding diaryl/α,β-unsaturated/α-hetero) is 1. The van der Waals surface area contributed by atoms with E-state index in [-0.39, 0.29) is 29.8 Å². The van der Waals surface area contributed by atoms with E-state index in [9.17, 15) is 13.2 Å². The molecule has 1 aromatic carbocycles. The van der Waals surface area contributed by atoms with Gasteiger partial charge in [0.1, 0.15) is 0 Å².